The summed E-state index contributed by atoms with van der Waals surface area (Å²) >= 11 is 5.62. The highest BCUT2D eigenvalue weighted by Gasteiger charge is 2.15. The molecule has 0 saturated carbocycles. The molecule has 0 fully saturated rings. The number of nitrogens with one attached hydrogen (secondary N) is 1. The molecule has 0 unspecified atom stereocenters. The lowest BCUT2D eigenvalue weighted by Gasteiger charge is -2.06. The predicted molar refractivity (Wildman–Crippen MR) is 87.2 cm³/mol. The maximum atomic E-state index is 4.53. The SMILES string of the molecule is CCn1nc(C)c(Br)c1CNCc1cc2c(s1)CCC2. The molecule has 0 aromatic carbocycles. The molecule has 108 valence electrons. The van der Waals surface area contributed by atoms with Crippen LogP contribution in [0.3, 0.4) is 0 Å². The van der Waals surface area contributed by atoms with Crippen molar-refractivity contribution in [2.45, 2.75) is 52.7 Å². The van der Waals surface area contributed by atoms with E-state index >= 15 is 0 Å². The van der Waals surface area contributed by atoms with Gasteiger partial charge in [-0.25, -0.2) is 0 Å². The molecular formula is C15H20BrN3S. The third-order valence-electron chi connectivity index (χ3n) is 3.84. The highest BCUT2D eigenvalue weighted by molar-refractivity contribution is 9.10. The van der Waals surface area contributed by atoms with Gasteiger partial charge in [0.05, 0.1) is 15.9 Å². The lowest BCUT2D eigenvalue weighted by Crippen LogP contribution is -2.16. The zero-order valence-corrected chi connectivity index (χ0v) is 14.4. The van der Waals surface area contributed by atoms with Crippen molar-refractivity contribution in [2.24, 2.45) is 0 Å². The van der Waals surface area contributed by atoms with Gasteiger partial charge in [0.15, 0.2) is 0 Å². The summed E-state index contributed by atoms with van der Waals surface area (Å²) in [4.78, 5) is 3.07. The summed E-state index contributed by atoms with van der Waals surface area (Å²) < 4.78 is 3.21. The van der Waals surface area contributed by atoms with E-state index in [0.29, 0.717) is 0 Å². The van der Waals surface area contributed by atoms with Crippen LogP contribution in [0.2, 0.25) is 0 Å². The zero-order chi connectivity index (χ0) is 14.1. The van der Waals surface area contributed by atoms with Crippen molar-refractivity contribution in [1.82, 2.24) is 15.1 Å². The fourth-order valence-corrected chi connectivity index (χ4v) is 4.47. The molecule has 0 bridgehead atoms. The largest absolute Gasteiger partial charge is 0.306 e. The van der Waals surface area contributed by atoms with Gasteiger partial charge in [-0.05, 0) is 60.7 Å². The van der Waals surface area contributed by atoms with Crippen LogP contribution in [0.4, 0.5) is 0 Å². The molecule has 0 spiro atoms. The lowest BCUT2D eigenvalue weighted by molar-refractivity contribution is 0.579. The third kappa shape index (κ3) is 2.71. The smallest absolute Gasteiger partial charge is 0.0739 e. The fourth-order valence-electron chi connectivity index (χ4n) is 2.82. The van der Waals surface area contributed by atoms with Gasteiger partial charge in [-0.3, -0.25) is 4.68 Å². The Balaban J connectivity index is 1.62. The van der Waals surface area contributed by atoms with E-state index in [0.717, 1.165) is 29.8 Å². The standard InChI is InChI=1S/C15H20BrN3S/c1-3-19-13(15(16)10(2)18-19)9-17-8-12-7-11-5-4-6-14(11)20-12/h7,17H,3-6,8-9H2,1-2H3. The first kappa shape index (κ1) is 14.3. The van der Waals surface area contributed by atoms with E-state index in [1.165, 1.54) is 29.8 Å². The zero-order valence-electron chi connectivity index (χ0n) is 12.0. The van der Waals surface area contributed by atoms with Gasteiger partial charge in [0.25, 0.3) is 0 Å². The summed E-state index contributed by atoms with van der Waals surface area (Å²) in [5.41, 5.74) is 3.90. The predicted octanol–water partition coefficient (Wildman–Crippen LogP) is 3.81. The summed E-state index contributed by atoms with van der Waals surface area (Å²) in [6.45, 7) is 6.91. The van der Waals surface area contributed by atoms with E-state index in [2.05, 4.69) is 44.0 Å². The Morgan fingerprint density at radius 1 is 1.40 bits per heavy atom. The molecule has 5 heteroatoms. The number of thiophene rings is 1. The monoisotopic (exact) mass is 353 g/mol. The minimum absolute atomic E-state index is 0.859. The van der Waals surface area contributed by atoms with E-state index < -0.39 is 0 Å². The second kappa shape index (κ2) is 6.00. The van der Waals surface area contributed by atoms with Gasteiger partial charge in [0.2, 0.25) is 0 Å². The molecule has 1 aliphatic rings. The van der Waals surface area contributed by atoms with Crippen molar-refractivity contribution in [1.29, 1.82) is 0 Å². The average molecular weight is 354 g/mol. The van der Waals surface area contributed by atoms with Gasteiger partial charge in [-0.2, -0.15) is 5.10 Å². The maximum absolute atomic E-state index is 4.53. The van der Waals surface area contributed by atoms with Crippen LogP contribution >= 0.6 is 27.3 Å². The first-order valence-electron chi connectivity index (χ1n) is 7.22. The van der Waals surface area contributed by atoms with Gasteiger partial charge < -0.3 is 5.32 Å². The Morgan fingerprint density at radius 2 is 2.25 bits per heavy atom. The fraction of sp³-hybridized carbons (Fsp3) is 0.533. The van der Waals surface area contributed by atoms with Crippen LogP contribution in [0.1, 0.15) is 40.1 Å². The Labute approximate surface area is 132 Å². The number of hydrogen-bond acceptors (Lipinski definition) is 3. The maximum Gasteiger partial charge on any atom is 0.0739 e. The molecule has 0 aliphatic heterocycles. The van der Waals surface area contributed by atoms with Gasteiger partial charge in [-0.1, -0.05) is 0 Å². The van der Waals surface area contributed by atoms with Crippen molar-refractivity contribution in [3.8, 4) is 0 Å². The third-order valence-corrected chi connectivity index (χ3v) is 6.11. The van der Waals surface area contributed by atoms with Crippen LogP contribution in [-0.2, 0) is 32.5 Å². The van der Waals surface area contributed by atoms with Crippen LogP contribution in [-0.4, -0.2) is 9.78 Å². The van der Waals surface area contributed by atoms with Crippen LogP contribution in [0, 0.1) is 6.92 Å². The lowest BCUT2D eigenvalue weighted by atomic mass is 10.2. The van der Waals surface area contributed by atoms with E-state index in [1.54, 1.807) is 10.4 Å². The summed E-state index contributed by atoms with van der Waals surface area (Å²) in [6, 6.07) is 2.39. The van der Waals surface area contributed by atoms with Gasteiger partial charge >= 0.3 is 0 Å². The molecule has 2 aromatic rings. The molecule has 3 rings (SSSR count). The topological polar surface area (TPSA) is 29.9 Å². The Bertz CT molecular complexity index is 593. The average Bonchev–Trinajstić information content (AvgIpc) is 3.07. The molecule has 0 atom stereocenters. The quantitative estimate of drug-likeness (QED) is 0.885. The second-order valence-electron chi connectivity index (χ2n) is 5.28. The van der Waals surface area contributed by atoms with Crippen molar-refractivity contribution >= 4 is 27.3 Å². The number of hydrogen-bond donors (Lipinski definition) is 1. The van der Waals surface area contributed by atoms with E-state index in [1.807, 2.05) is 18.3 Å². The number of aromatic nitrogens is 2. The Morgan fingerprint density at radius 3 is 3.00 bits per heavy atom. The molecule has 2 heterocycles. The Hall–Kier alpha value is -0.650. The van der Waals surface area contributed by atoms with E-state index in [9.17, 15) is 0 Å². The minimum Gasteiger partial charge on any atom is -0.306 e. The highest BCUT2D eigenvalue weighted by Crippen LogP contribution is 2.30. The first-order valence-corrected chi connectivity index (χ1v) is 8.83. The molecular weight excluding hydrogens is 334 g/mol. The van der Waals surface area contributed by atoms with Crippen molar-refractivity contribution in [3.63, 3.8) is 0 Å². The summed E-state index contributed by atoms with van der Waals surface area (Å²) in [7, 11) is 0. The molecule has 0 radical (unpaired) electrons. The molecule has 3 nitrogen and oxygen atoms in total. The first-order chi connectivity index (χ1) is 9.69. The highest BCUT2D eigenvalue weighted by atomic mass is 79.9. The number of fused-ring (bicyclic) bond motifs is 1. The van der Waals surface area contributed by atoms with E-state index in [4.69, 9.17) is 0 Å². The number of halogens is 1. The minimum atomic E-state index is 0.859. The van der Waals surface area contributed by atoms with E-state index in [-0.39, 0.29) is 0 Å². The van der Waals surface area contributed by atoms with Crippen LogP contribution in [0.5, 0.6) is 0 Å². The van der Waals surface area contributed by atoms with Crippen LogP contribution in [0.25, 0.3) is 0 Å². The molecule has 1 N–H and O–H groups in total. The van der Waals surface area contributed by atoms with Gasteiger partial charge in [-0.15, -0.1) is 11.3 Å². The molecule has 2 aromatic heterocycles. The molecule has 0 saturated heterocycles. The van der Waals surface area contributed by atoms with Gasteiger partial charge in [0.1, 0.15) is 0 Å². The van der Waals surface area contributed by atoms with Gasteiger partial charge in [0, 0.05) is 29.4 Å². The van der Waals surface area contributed by atoms with Crippen LogP contribution < -0.4 is 5.32 Å². The van der Waals surface area contributed by atoms with Crippen molar-refractivity contribution in [2.75, 3.05) is 0 Å². The summed E-state index contributed by atoms with van der Waals surface area (Å²) in [6.07, 6.45) is 3.91. The van der Waals surface area contributed by atoms with Crippen molar-refractivity contribution < 1.29 is 0 Å². The number of nitrogens with zero attached hydrogens (tertiary/aromatic N) is 2. The summed E-state index contributed by atoms with van der Waals surface area (Å²) in [5, 5.41) is 8.08. The molecule has 0 amide bonds. The Kier molecular flexibility index (Phi) is 4.29. The summed E-state index contributed by atoms with van der Waals surface area (Å²) in [5.74, 6) is 0. The van der Waals surface area contributed by atoms with Crippen LogP contribution in [0.15, 0.2) is 10.5 Å². The van der Waals surface area contributed by atoms with Crippen molar-refractivity contribution in [3.05, 3.63) is 37.2 Å². The number of rotatable bonds is 5. The molecule has 1 aliphatic carbocycles. The normalized spacial score (nSPS) is 13.9. The molecule has 20 heavy (non-hydrogen) atoms. The number of aryl methyl sites for hydroxylation is 4. The second-order valence-corrected chi connectivity index (χ2v) is 7.29.